The van der Waals surface area contributed by atoms with Crippen molar-refractivity contribution in [1.82, 2.24) is 0 Å². The average Bonchev–Trinajstić information content (AvgIpc) is 3.17. The number of esters is 2. The van der Waals surface area contributed by atoms with Gasteiger partial charge in [0.25, 0.3) is 0 Å². The van der Waals surface area contributed by atoms with Crippen molar-refractivity contribution < 1.29 is 57.6 Å². The van der Waals surface area contributed by atoms with Gasteiger partial charge in [-0.2, -0.15) is 0 Å². The summed E-state index contributed by atoms with van der Waals surface area (Å²) in [5.74, 6) is -1.35. The summed E-state index contributed by atoms with van der Waals surface area (Å²) in [6, 6.07) is 0. The van der Waals surface area contributed by atoms with Crippen LogP contribution in [0.25, 0.3) is 0 Å². The van der Waals surface area contributed by atoms with Gasteiger partial charge in [-0.3, -0.25) is 18.6 Å². The molecule has 1 fully saturated rings. The third-order valence-electron chi connectivity index (χ3n) is 9.79. The maximum absolute atomic E-state index is 12.7. The first kappa shape index (κ1) is 53.1. The van der Waals surface area contributed by atoms with Crippen molar-refractivity contribution in [2.24, 2.45) is 11.7 Å². The lowest BCUT2D eigenvalue weighted by molar-refractivity contribution is -0.199. The lowest BCUT2D eigenvalue weighted by Crippen LogP contribution is -2.43. The summed E-state index contributed by atoms with van der Waals surface area (Å²) >= 11 is 0. The van der Waals surface area contributed by atoms with Crippen LogP contribution in [0.1, 0.15) is 162 Å². The quantitative estimate of drug-likeness (QED) is 0.0175. The molecule has 332 valence electrons. The molecule has 0 aromatic rings. The van der Waals surface area contributed by atoms with E-state index in [4.69, 9.17) is 29.0 Å². The molecule has 0 spiro atoms. The number of aliphatic hydroxyl groups is 3. The van der Waals surface area contributed by atoms with Crippen molar-refractivity contribution in [3.8, 4) is 0 Å². The minimum absolute atomic E-state index is 0.00778. The number of phosphoric ester groups is 1. The number of nitrogens with two attached hydrogens (primary N) is 1. The van der Waals surface area contributed by atoms with Crippen molar-refractivity contribution >= 4 is 19.8 Å². The molecule has 1 aliphatic heterocycles. The molecule has 0 saturated carbocycles. The van der Waals surface area contributed by atoms with E-state index in [-0.39, 0.29) is 44.9 Å². The Labute approximate surface area is 343 Å². The van der Waals surface area contributed by atoms with Gasteiger partial charge in [-0.1, -0.05) is 121 Å². The van der Waals surface area contributed by atoms with Crippen molar-refractivity contribution in [2.75, 3.05) is 26.4 Å². The predicted molar refractivity (Wildman–Crippen MR) is 223 cm³/mol. The summed E-state index contributed by atoms with van der Waals surface area (Å²) in [5.41, 5.74) is 5.34. The van der Waals surface area contributed by atoms with E-state index in [1.165, 1.54) is 38.5 Å². The zero-order valence-electron chi connectivity index (χ0n) is 35.1. The number of hydrogen-bond donors (Lipinski definition) is 5. The van der Waals surface area contributed by atoms with Gasteiger partial charge in [0, 0.05) is 31.7 Å². The highest BCUT2D eigenvalue weighted by Crippen LogP contribution is 2.43. The number of hydrogen-bond acceptors (Lipinski definition) is 12. The Morgan fingerprint density at radius 1 is 0.789 bits per heavy atom. The number of unbranched alkanes of at least 4 members (excludes halogenated alkanes) is 14. The predicted octanol–water partition coefficient (Wildman–Crippen LogP) is 8.27. The fourth-order valence-electron chi connectivity index (χ4n) is 6.43. The highest BCUT2D eigenvalue weighted by Gasteiger charge is 2.35. The number of aliphatic hydroxyl groups excluding tert-OH is 3. The van der Waals surface area contributed by atoms with Gasteiger partial charge in [-0.15, -0.1) is 0 Å². The molecule has 13 nitrogen and oxygen atoms in total. The van der Waals surface area contributed by atoms with E-state index >= 15 is 0 Å². The van der Waals surface area contributed by atoms with Gasteiger partial charge in [-0.25, -0.2) is 4.57 Å². The number of ether oxygens (including phenoxy) is 3. The Bertz CT molecular complexity index is 1150. The van der Waals surface area contributed by atoms with Crippen LogP contribution in [0.5, 0.6) is 0 Å². The summed E-state index contributed by atoms with van der Waals surface area (Å²) in [7, 11) is -4.46. The molecule has 0 bridgehead atoms. The summed E-state index contributed by atoms with van der Waals surface area (Å²) < 4.78 is 38.4. The SMILES string of the molecule is CCCCCCCC/C=C\CCCCCCCC(=O)OCC(COP(=O)(O)OCCN)OC(=O)CCC/C=C\CC1C(O)CC(O)OC1/C=C/C(O)CCCCC. The molecule has 14 heteroatoms. The van der Waals surface area contributed by atoms with E-state index < -0.39 is 57.1 Å². The Hall–Kier alpha value is -1.93. The molecule has 1 aliphatic rings. The second-order valence-electron chi connectivity index (χ2n) is 15.1. The smallest absolute Gasteiger partial charge is 0.462 e. The molecule has 0 amide bonds. The first-order chi connectivity index (χ1) is 27.5. The topological polar surface area (TPSA) is 204 Å². The average molecular weight is 832 g/mol. The normalized spacial score (nSPS) is 21.0. The molecule has 1 rings (SSSR count). The molecule has 0 aromatic carbocycles. The molecule has 1 heterocycles. The number of rotatable bonds is 36. The fourth-order valence-corrected chi connectivity index (χ4v) is 7.20. The van der Waals surface area contributed by atoms with Crippen molar-refractivity contribution in [1.29, 1.82) is 0 Å². The standard InChI is InChI=1S/C43H78NO12P/c1-3-5-7-8-9-10-11-12-13-14-15-16-17-18-23-27-41(47)52-34-37(35-54-57(50,51)53-32-31-44)55-42(48)28-24-20-19-22-26-38-39(46)33-43(49)56-40(38)30-29-36(45)25-21-6-4-2/h12-13,19,22,29-30,36-40,43,45-46,49H,3-11,14-18,20-21,23-28,31-35,44H2,1-2H3,(H,50,51)/b13-12-,22-19-,30-29+. The largest absolute Gasteiger partial charge is 0.472 e. The van der Waals surface area contributed by atoms with Crippen LogP contribution in [0.3, 0.4) is 0 Å². The van der Waals surface area contributed by atoms with Crippen molar-refractivity contribution in [3.05, 3.63) is 36.5 Å². The highest BCUT2D eigenvalue weighted by molar-refractivity contribution is 7.47. The maximum Gasteiger partial charge on any atom is 0.472 e. The number of carbonyl (C=O) groups excluding carboxylic acids is 2. The van der Waals surface area contributed by atoms with Crippen molar-refractivity contribution in [2.45, 2.75) is 192 Å². The third kappa shape index (κ3) is 29.9. The highest BCUT2D eigenvalue weighted by atomic mass is 31.2. The number of allylic oxidation sites excluding steroid dienone is 4. The van der Waals surface area contributed by atoms with Crippen molar-refractivity contribution in [3.63, 3.8) is 0 Å². The molecule has 7 unspecified atom stereocenters. The van der Waals surface area contributed by atoms with Crippen LogP contribution in [-0.2, 0) is 37.4 Å². The molecular weight excluding hydrogens is 753 g/mol. The van der Waals surface area contributed by atoms with E-state index in [1.807, 2.05) is 12.2 Å². The zero-order chi connectivity index (χ0) is 42.0. The van der Waals surface area contributed by atoms with E-state index in [0.29, 0.717) is 32.1 Å². The molecule has 1 saturated heterocycles. The Morgan fingerprint density at radius 2 is 1.39 bits per heavy atom. The lowest BCUT2D eigenvalue weighted by atomic mass is 9.87. The second-order valence-corrected chi connectivity index (χ2v) is 16.5. The minimum atomic E-state index is -4.46. The molecular formula is C43H78NO12P. The fraction of sp³-hybridized carbons (Fsp3) is 0.814. The summed E-state index contributed by atoms with van der Waals surface area (Å²) in [4.78, 5) is 35.1. The Balaban J connectivity index is 2.46. The molecule has 7 atom stereocenters. The first-order valence-corrected chi connectivity index (χ1v) is 23.4. The van der Waals surface area contributed by atoms with Gasteiger partial charge >= 0.3 is 19.8 Å². The van der Waals surface area contributed by atoms with Gasteiger partial charge in [-0.05, 0) is 57.8 Å². The van der Waals surface area contributed by atoms with E-state index in [0.717, 1.165) is 57.8 Å². The van der Waals surface area contributed by atoms with Gasteiger partial charge in [0.1, 0.15) is 6.61 Å². The molecule has 57 heavy (non-hydrogen) atoms. The van der Waals surface area contributed by atoms with Crippen LogP contribution >= 0.6 is 7.82 Å². The molecule has 0 radical (unpaired) electrons. The monoisotopic (exact) mass is 832 g/mol. The van der Waals surface area contributed by atoms with Gasteiger partial charge in [0.15, 0.2) is 12.4 Å². The zero-order valence-corrected chi connectivity index (χ0v) is 36.0. The van der Waals surface area contributed by atoms with Crippen LogP contribution in [0.2, 0.25) is 0 Å². The molecule has 0 aromatic heterocycles. The van der Waals surface area contributed by atoms with Crippen LogP contribution in [0.15, 0.2) is 36.5 Å². The Kier molecular flexibility index (Phi) is 32.5. The van der Waals surface area contributed by atoms with Gasteiger partial charge in [0.2, 0.25) is 0 Å². The summed E-state index contributed by atoms with van der Waals surface area (Å²) in [6.07, 6.45) is 27.9. The second kappa shape index (κ2) is 34.9. The lowest BCUT2D eigenvalue weighted by Gasteiger charge is -2.36. The third-order valence-corrected chi connectivity index (χ3v) is 10.8. The number of carbonyl (C=O) groups is 2. The van der Waals surface area contributed by atoms with E-state index in [2.05, 4.69) is 26.0 Å². The van der Waals surface area contributed by atoms with Gasteiger partial charge < -0.3 is 40.2 Å². The number of phosphoric acid groups is 1. The summed E-state index contributed by atoms with van der Waals surface area (Å²) in [5, 5.41) is 30.9. The minimum Gasteiger partial charge on any atom is -0.462 e. The molecule has 6 N–H and O–H groups in total. The molecule has 0 aliphatic carbocycles. The first-order valence-electron chi connectivity index (χ1n) is 21.9. The van der Waals surface area contributed by atoms with E-state index in [9.17, 15) is 34.4 Å². The summed E-state index contributed by atoms with van der Waals surface area (Å²) in [6.45, 7) is 3.29. The van der Waals surface area contributed by atoms with Crippen LogP contribution in [-0.4, -0.2) is 89.2 Å². The van der Waals surface area contributed by atoms with Crippen LogP contribution in [0, 0.1) is 5.92 Å². The van der Waals surface area contributed by atoms with Crippen LogP contribution < -0.4 is 5.73 Å². The van der Waals surface area contributed by atoms with E-state index in [1.54, 1.807) is 12.2 Å². The van der Waals surface area contributed by atoms with Crippen LogP contribution in [0.4, 0.5) is 0 Å². The van der Waals surface area contributed by atoms with Gasteiger partial charge in [0.05, 0.1) is 31.5 Å². The maximum atomic E-state index is 12.7. The Morgan fingerprint density at radius 3 is 2.07 bits per heavy atom.